The van der Waals surface area contributed by atoms with Gasteiger partial charge in [0.2, 0.25) is 0 Å². The Balaban J connectivity index is 2.41. The maximum Gasteiger partial charge on any atom is 0.416 e. The molecule has 14 heavy (non-hydrogen) atoms. The Bertz CT molecular complexity index is 353. The summed E-state index contributed by atoms with van der Waals surface area (Å²) in [6.07, 6.45) is -2.35. The zero-order valence-corrected chi connectivity index (χ0v) is 7.43. The van der Waals surface area contributed by atoms with Gasteiger partial charge in [-0.2, -0.15) is 13.2 Å². The van der Waals surface area contributed by atoms with Crippen molar-refractivity contribution in [1.82, 2.24) is 0 Å². The molecule has 0 aliphatic heterocycles. The van der Waals surface area contributed by atoms with E-state index in [-0.39, 0.29) is 5.69 Å². The number of hydrogen-bond acceptors (Lipinski definition) is 1. The average molecular weight is 201 g/mol. The Kier molecular flexibility index (Phi) is 1.94. The maximum atomic E-state index is 12.4. The van der Waals surface area contributed by atoms with Crippen molar-refractivity contribution in [3.8, 4) is 0 Å². The molecule has 0 spiro atoms. The van der Waals surface area contributed by atoms with Crippen molar-refractivity contribution >= 4 is 5.69 Å². The first-order chi connectivity index (χ1) is 6.47. The molecule has 0 amide bonds. The summed E-state index contributed by atoms with van der Waals surface area (Å²) in [5, 5.41) is 0. The van der Waals surface area contributed by atoms with Crippen LogP contribution in [0, 0.1) is 0 Å². The lowest BCUT2D eigenvalue weighted by Crippen LogP contribution is -2.06. The number of halogens is 3. The molecule has 76 valence electrons. The second kappa shape index (κ2) is 2.90. The lowest BCUT2D eigenvalue weighted by Gasteiger charge is -2.09. The fraction of sp³-hybridized carbons (Fsp3) is 0.400. The second-order valence-corrected chi connectivity index (χ2v) is 3.66. The van der Waals surface area contributed by atoms with Crippen molar-refractivity contribution in [3.63, 3.8) is 0 Å². The van der Waals surface area contributed by atoms with Crippen LogP contribution in [0.1, 0.15) is 29.9 Å². The SMILES string of the molecule is Nc1cc(C2CC2)cc(C(F)(F)F)c1. The van der Waals surface area contributed by atoms with E-state index in [9.17, 15) is 13.2 Å². The van der Waals surface area contributed by atoms with Crippen LogP contribution in [-0.4, -0.2) is 0 Å². The standard InChI is InChI=1S/C10H10F3N/c11-10(12,13)8-3-7(6-1-2-6)4-9(14)5-8/h3-6H,1-2,14H2. The largest absolute Gasteiger partial charge is 0.416 e. The monoisotopic (exact) mass is 201 g/mol. The van der Waals surface area contributed by atoms with Gasteiger partial charge < -0.3 is 5.73 Å². The van der Waals surface area contributed by atoms with Crippen molar-refractivity contribution in [2.75, 3.05) is 5.73 Å². The number of alkyl halides is 3. The first kappa shape index (κ1) is 9.37. The van der Waals surface area contributed by atoms with Crippen LogP contribution >= 0.6 is 0 Å². The third-order valence-corrected chi connectivity index (χ3v) is 2.35. The van der Waals surface area contributed by atoms with E-state index in [1.165, 1.54) is 6.07 Å². The first-order valence-electron chi connectivity index (χ1n) is 4.44. The first-order valence-corrected chi connectivity index (χ1v) is 4.44. The van der Waals surface area contributed by atoms with E-state index in [4.69, 9.17) is 5.73 Å². The molecule has 2 N–H and O–H groups in total. The number of benzene rings is 1. The van der Waals surface area contributed by atoms with Gasteiger partial charge in [0, 0.05) is 5.69 Å². The highest BCUT2D eigenvalue weighted by Crippen LogP contribution is 2.42. The highest BCUT2D eigenvalue weighted by molar-refractivity contribution is 5.47. The number of nitrogens with two attached hydrogens (primary N) is 1. The molecule has 1 aliphatic rings. The van der Waals surface area contributed by atoms with Crippen LogP contribution in [0.25, 0.3) is 0 Å². The molecule has 0 aromatic heterocycles. The summed E-state index contributed by atoms with van der Waals surface area (Å²) in [4.78, 5) is 0. The normalized spacial score (nSPS) is 17.1. The minimum Gasteiger partial charge on any atom is -0.399 e. The molecule has 2 rings (SSSR count). The van der Waals surface area contributed by atoms with Crippen LogP contribution in [0.5, 0.6) is 0 Å². The summed E-state index contributed by atoms with van der Waals surface area (Å²) < 4.78 is 37.1. The van der Waals surface area contributed by atoms with E-state index in [1.807, 2.05) is 0 Å². The smallest absolute Gasteiger partial charge is 0.399 e. The Hall–Kier alpha value is -1.19. The Labute approximate surface area is 79.7 Å². The molecule has 1 nitrogen and oxygen atoms in total. The average Bonchev–Trinajstić information content (AvgIpc) is 2.83. The van der Waals surface area contributed by atoms with Crippen molar-refractivity contribution in [1.29, 1.82) is 0 Å². The highest BCUT2D eigenvalue weighted by atomic mass is 19.4. The van der Waals surface area contributed by atoms with Crippen molar-refractivity contribution in [3.05, 3.63) is 29.3 Å². The topological polar surface area (TPSA) is 26.0 Å². The van der Waals surface area contributed by atoms with Crippen molar-refractivity contribution in [2.24, 2.45) is 0 Å². The molecule has 0 unspecified atom stereocenters. The van der Waals surface area contributed by atoms with Crippen LogP contribution in [0.15, 0.2) is 18.2 Å². The van der Waals surface area contributed by atoms with E-state index < -0.39 is 11.7 Å². The van der Waals surface area contributed by atoms with E-state index in [1.54, 1.807) is 6.07 Å². The zero-order chi connectivity index (χ0) is 10.3. The summed E-state index contributed by atoms with van der Waals surface area (Å²) in [6.45, 7) is 0. The third-order valence-electron chi connectivity index (χ3n) is 2.35. The van der Waals surface area contributed by atoms with E-state index in [0.29, 0.717) is 5.92 Å². The van der Waals surface area contributed by atoms with Crippen LogP contribution in [0.4, 0.5) is 18.9 Å². The number of rotatable bonds is 1. The molecule has 1 fully saturated rings. The molecular weight excluding hydrogens is 191 g/mol. The summed E-state index contributed by atoms with van der Waals surface area (Å²) in [7, 11) is 0. The van der Waals surface area contributed by atoms with Crippen LogP contribution in [-0.2, 0) is 6.18 Å². The number of hydrogen-bond donors (Lipinski definition) is 1. The zero-order valence-electron chi connectivity index (χ0n) is 7.43. The van der Waals surface area contributed by atoms with Gasteiger partial charge in [0.25, 0.3) is 0 Å². The molecule has 1 aliphatic carbocycles. The number of anilines is 1. The van der Waals surface area contributed by atoms with Gasteiger partial charge >= 0.3 is 6.18 Å². The molecule has 4 heteroatoms. The minimum atomic E-state index is -4.29. The lowest BCUT2D eigenvalue weighted by molar-refractivity contribution is -0.137. The minimum absolute atomic E-state index is 0.196. The molecule has 0 saturated heterocycles. The second-order valence-electron chi connectivity index (χ2n) is 3.66. The molecule has 1 aromatic carbocycles. The Morgan fingerprint density at radius 1 is 1.14 bits per heavy atom. The van der Waals surface area contributed by atoms with Crippen molar-refractivity contribution < 1.29 is 13.2 Å². The molecule has 1 saturated carbocycles. The summed E-state index contributed by atoms with van der Waals surface area (Å²) in [5.74, 6) is 0.291. The predicted molar refractivity (Wildman–Crippen MR) is 47.8 cm³/mol. The molecule has 1 aromatic rings. The summed E-state index contributed by atoms with van der Waals surface area (Å²) in [5.41, 5.74) is 5.70. The quantitative estimate of drug-likeness (QED) is 0.694. The van der Waals surface area contributed by atoms with Gasteiger partial charge in [0.15, 0.2) is 0 Å². The van der Waals surface area contributed by atoms with Crippen molar-refractivity contribution in [2.45, 2.75) is 24.9 Å². The third kappa shape index (κ3) is 1.84. The van der Waals surface area contributed by atoms with E-state index >= 15 is 0 Å². The van der Waals surface area contributed by atoms with Crippen LogP contribution < -0.4 is 5.73 Å². The van der Waals surface area contributed by atoms with Gasteiger partial charge in [0.1, 0.15) is 0 Å². The van der Waals surface area contributed by atoms with Gasteiger partial charge in [-0.15, -0.1) is 0 Å². The maximum absolute atomic E-state index is 12.4. The highest BCUT2D eigenvalue weighted by Gasteiger charge is 2.33. The van der Waals surface area contributed by atoms with Gasteiger partial charge in [-0.05, 0) is 42.5 Å². The van der Waals surface area contributed by atoms with Crippen LogP contribution in [0.2, 0.25) is 0 Å². The van der Waals surface area contributed by atoms with E-state index in [0.717, 1.165) is 24.5 Å². The molecule has 0 atom stereocenters. The van der Waals surface area contributed by atoms with Gasteiger partial charge in [-0.25, -0.2) is 0 Å². The molecular formula is C10H10F3N. The van der Waals surface area contributed by atoms with Crippen LogP contribution in [0.3, 0.4) is 0 Å². The van der Waals surface area contributed by atoms with Gasteiger partial charge in [0.05, 0.1) is 5.56 Å². The fourth-order valence-electron chi connectivity index (χ4n) is 1.49. The summed E-state index contributed by atoms with van der Waals surface area (Å²) in [6, 6.07) is 3.81. The molecule has 0 heterocycles. The van der Waals surface area contributed by atoms with Gasteiger partial charge in [-0.3, -0.25) is 0 Å². The Morgan fingerprint density at radius 2 is 1.79 bits per heavy atom. The fourth-order valence-corrected chi connectivity index (χ4v) is 1.49. The van der Waals surface area contributed by atoms with E-state index in [2.05, 4.69) is 0 Å². The molecule has 0 radical (unpaired) electrons. The van der Waals surface area contributed by atoms with Gasteiger partial charge in [-0.1, -0.05) is 0 Å². The summed E-state index contributed by atoms with van der Waals surface area (Å²) >= 11 is 0. The Morgan fingerprint density at radius 3 is 2.29 bits per heavy atom. The molecule has 0 bridgehead atoms. The predicted octanol–water partition coefficient (Wildman–Crippen LogP) is 3.17. The number of nitrogen functional groups attached to an aromatic ring is 1. The lowest BCUT2D eigenvalue weighted by atomic mass is 10.1.